The Morgan fingerprint density at radius 3 is 2.48 bits per heavy atom. The lowest BCUT2D eigenvalue weighted by Crippen LogP contribution is -2.41. The Morgan fingerprint density at radius 1 is 1.17 bits per heavy atom. The first-order chi connectivity index (χ1) is 11.0. The van der Waals surface area contributed by atoms with Gasteiger partial charge in [0.05, 0.1) is 12.1 Å². The van der Waals surface area contributed by atoms with Gasteiger partial charge in [0.1, 0.15) is 5.82 Å². The molecule has 2 aromatic carbocycles. The zero-order valence-corrected chi connectivity index (χ0v) is 12.6. The molecule has 118 valence electrons. The monoisotopic (exact) mass is 313 g/mol. The molecule has 0 bridgehead atoms. The number of ketones is 1. The van der Waals surface area contributed by atoms with E-state index in [9.17, 15) is 19.1 Å². The Morgan fingerprint density at radius 2 is 1.83 bits per heavy atom. The van der Waals surface area contributed by atoms with Gasteiger partial charge >= 0.3 is 0 Å². The fraction of sp³-hybridized carbons (Fsp3) is 0.222. The minimum Gasteiger partial charge on any atom is -0.375 e. The lowest BCUT2D eigenvalue weighted by atomic mass is 9.88. The first-order valence-corrected chi connectivity index (χ1v) is 7.40. The first-order valence-electron chi connectivity index (χ1n) is 7.40. The van der Waals surface area contributed by atoms with Gasteiger partial charge in [-0.05, 0) is 37.3 Å². The van der Waals surface area contributed by atoms with Crippen molar-refractivity contribution in [1.82, 2.24) is 0 Å². The number of carbonyl (C=O) groups is 2. The summed E-state index contributed by atoms with van der Waals surface area (Å²) in [5.41, 5.74) is -0.560. The van der Waals surface area contributed by atoms with Gasteiger partial charge in [0.2, 0.25) is 0 Å². The minimum atomic E-state index is -1.88. The molecule has 2 aromatic rings. The lowest BCUT2D eigenvalue weighted by molar-refractivity contribution is -0.135. The molecular weight excluding hydrogens is 297 g/mol. The van der Waals surface area contributed by atoms with Gasteiger partial charge in [0.25, 0.3) is 5.91 Å². The number of Topliss-reactive ketones (excluding diaryl/α,β-unsaturated/α-hetero) is 1. The molecule has 1 N–H and O–H groups in total. The molecule has 1 atom stereocenters. The molecule has 23 heavy (non-hydrogen) atoms. The molecule has 1 heterocycles. The second-order valence-electron chi connectivity index (χ2n) is 5.53. The largest absolute Gasteiger partial charge is 0.375 e. The summed E-state index contributed by atoms with van der Waals surface area (Å²) in [6.45, 7) is 2.21. The number of para-hydroxylation sites is 1. The van der Waals surface area contributed by atoms with Crippen molar-refractivity contribution >= 4 is 17.4 Å². The number of benzene rings is 2. The van der Waals surface area contributed by atoms with Gasteiger partial charge in [-0.15, -0.1) is 0 Å². The fourth-order valence-electron chi connectivity index (χ4n) is 2.96. The average Bonchev–Trinajstić information content (AvgIpc) is 2.76. The van der Waals surface area contributed by atoms with E-state index in [0.717, 1.165) is 0 Å². The van der Waals surface area contributed by atoms with Crippen LogP contribution in [-0.2, 0) is 10.4 Å². The average molecular weight is 313 g/mol. The van der Waals surface area contributed by atoms with Gasteiger partial charge in [-0.25, -0.2) is 4.39 Å². The van der Waals surface area contributed by atoms with Crippen molar-refractivity contribution in [3.8, 4) is 0 Å². The maximum atomic E-state index is 13.0. The topological polar surface area (TPSA) is 57.6 Å². The second-order valence-corrected chi connectivity index (χ2v) is 5.53. The van der Waals surface area contributed by atoms with Crippen LogP contribution >= 0.6 is 0 Å². The van der Waals surface area contributed by atoms with Gasteiger partial charge < -0.3 is 10.0 Å². The van der Waals surface area contributed by atoms with E-state index in [-0.39, 0.29) is 12.0 Å². The van der Waals surface area contributed by atoms with Crippen LogP contribution < -0.4 is 4.90 Å². The van der Waals surface area contributed by atoms with Gasteiger partial charge in [0, 0.05) is 17.7 Å². The number of amides is 1. The Kier molecular flexibility index (Phi) is 3.74. The van der Waals surface area contributed by atoms with Crippen LogP contribution in [0, 0.1) is 5.82 Å². The fourth-order valence-corrected chi connectivity index (χ4v) is 2.96. The summed E-state index contributed by atoms with van der Waals surface area (Å²) < 4.78 is 13.0. The third-order valence-electron chi connectivity index (χ3n) is 4.14. The van der Waals surface area contributed by atoms with Crippen LogP contribution in [0.1, 0.15) is 29.3 Å². The van der Waals surface area contributed by atoms with Crippen molar-refractivity contribution in [3.05, 3.63) is 65.5 Å². The van der Waals surface area contributed by atoms with E-state index in [1.54, 1.807) is 24.3 Å². The van der Waals surface area contributed by atoms with Crippen molar-refractivity contribution < 1.29 is 19.1 Å². The van der Waals surface area contributed by atoms with Gasteiger partial charge in [-0.1, -0.05) is 18.2 Å². The molecule has 0 saturated carbocycles. The van der Waals surface area contributed by atoms with Gasteiger partial charge in [-0.2, -0.15) is 0 Å². The molecule has 0 fully saturated rings. The summed E-state index contributed by atoms with van der Waals surface area (Å²) in [7, 11) is 0. The highest BCUT2D eigenvalue weighted by atomic mass is 19.1. The lowest BCUT2D eigenvalue weighted by Gasteiger charge is -2.22. The van der Waals surface area contributed by atoms with Crippen LogP contribution in [0.3, 0.4) is 0 Å². The number of halogens is 1. The predicted octanol–water partition coefficient (Wildman–Crippen LogP) is 2.65. The summed E-state index contributed by atoms with van der Waals surface area (Å²) in [5, 5.41) is 10.9. The number of hydrogen-bond acceptors (Lipinski definition) is 3. The highest BCUT2D eigenvalue weighted by Crippen LogP contribution is 2.42. The van der Waals surface area contributed by atoms with Crippen LogP contribution in [0.2, 0.25) is 0 Å². The molecule has 1 aliphatic rings. The smallest absolute Gasteiger partial charge is 0.264 e. The van der Waals surface area contributed by atoms with Crippen molar-refractivity contribution in [1.29, 1.82) is 0 Å². The van der Waals surface area contributed by atoms with Crippen molar-refractivity contribution in [2.75, 3.05) is 11.4 Å². The molecule has 5 heteroatoms. The standard InChI is InChI=1S/C18H16FNO3/c1-2-20-15-6-4-3-5-14(15)18(23,17(20)22)11-16(21)12-7-9-13(19)10-8-12/h3-10,23H,2,11H2,1H3/t18-/m1/s1. The number of rotatable bonds is 4. The summed E-state index contributed by atoms with van der Waals surface area (Å²) in [6.07, 6.45) is -0.370. The Balaban J connectivity index is 1.96. The Hall–Kier alpha value is -2.53. The SMILES string of the molecule is CCN1C(=O)[C@@](O)(CC(=O)c2ccc(F)cc2)c2ccccc21. The summed E-state index contributed by atoms with van der Waals surface area (Å²) in [4.78, 5) is 26.5. The molecule has 1 aliphatic heterocycles. The number of carbonyl (C=O) groups excluding carboxylic acids is 2. The van der Waals surface area contributed by atoms with E-state index in [0.29, 0.717) is 17.8 Å². The van der Waals surface area contributed by atoms with Crippen LogP contribution in [0.25, 0.3) is 0 Å². The molecule has 0 aromatic heterocycles. The third-order valence-corrected chi connectivity index (χ3v) is 4.14. The molecule has 0 saturated heterocycles. The van der Waals surface area contributed by atoms with Crippen LogP contribution in [0.5, 0.6) is 0 Å². The molecule has 0 unspecified atom stereocenters. The maximum Gasteiger partial charge on any atom is 0.264 e. The summed E-state index contributed by atoms with van der Waals surface area (Å²) in [5.74, 6) is -1.36. The van der Waals surface area contributed by atoms with Crippen molar-refractivity contribution in [2.24, 2.45) is 0 Å². The highest BCUT2D eigenvalue weighted by Gasteiger charge is 2.50. The highest BCUT2D eigenvalue weighted by molar-refractivity contribution is 6.10. The van der Waals surface area contributed by atoms with E-state index < -0.39 is 23.1 Å². The maximum absolute atomic E-state index is 13.0. The molecular formula is C18H16FNO3. The van der Waals surface area contributed by atoms with Crippen LogP contribution in [0.15, 0.2) is 48.5 Å². The number of aliphatic hydroxyl groups is 1. The number of likely N-dealkylation sites (N-methyl/N-ethyl adjacent to an activating group) is 1. The van der Waals surface area contributed by atoms with E-state index >= 15 is 0 Å². The van der Waals surface area contributed by atoms with E-state index in [2.05, 4.69) is 0 Å². The third kappa shape index (κ3) is 2.43. The summed E-state index contributed by atoms with van der Waals surface area (Å²) >= 11 is 0. The molecule has 3 rings (SSSR count). The van der Waals surface area contributed by atoms with Gasteiger partial charge in [-0.3, -0.25) is 9.59 Å². The zero-order valence-electron chi connectivity index (χ0n) is 12.6. The van der Waals surface area contributed by atoms with Crippen molar-refractivity contribution in [3.63, 3.8) is 0 Å². The quantitative estimate of drug-likeness (QED) is 0.883. The number of nitrogens with zero attached hydrogens (tertiary/aromatic N) is 1. The van der Waals surface area contributed by atoms with E-state index in [1.165, 1.54) is 29.2 Å². The van der Waals surface area contributed by atoms with Crippen LogP contribution in [0.4, 0.5) is 10.1 Å². The zero-order chi connectivity index (χ0) is 16.6. The molecule has 4 nitrogen and oxygen atoms in total. The number of hydrogen-bond donors (Lipinski definition) is 1. The number of fused-ring (bicyclic) bond motifs is 1. The predicted molar refractivity (Wildman–Crippen MR) is 83.7 cm³/mol. The van der Waals surface area contributed by atoms with Crippen LogP contribution in [-0.4, -0.2) is 23.3 Å². The Bertz CT molecular complexity index is 772. The summed E-state index contributed by atoms with van der Waals surface area (Å²) in [6, 6.07) is 12.0. The van der Waals surface area contributed by atoms with Crippen molar-refractivity contribution in [2.45, 2.75) is 18.9 Å². The first kappa shape index (κ1) is 15.4. The van der Waals surface area contributed by atoms with Gasteiger partial charge in [0.15, 0.2) is 11.4 Å². The second kappa shape index (κ2) is 5.59. The minimum absolute atomic E-state index is 0.264. The van der Waals surface area contributed by atoms with E-state index in [1.807, 2.05) is 6.92 Å². The molecule has 1 amide bonds. The molecule has 0 aliphatic carbocycles. The molecule has 0 radical (unpaired) electrons. The Labute approximate surface area is 133 Å². The number of anilines is 1. The molecule has 0 spiro atoms. The normalized spacial score (nSPS) is 19.8. The van der Waals surface area contributed by atoms with E-state index in [4.69, 9.17) is 0 Å².